The molecule has 3 amide bonds. The molecule has 3 N–H and O–H groups in total. The number of rotatable bonds is 4. The van der Waals surface area contributed by atoms with Gasteiger partial charge in [0.1, 0.15) is 11.4 Å². The lowest BCUT2D eigenvalue weighted by atomic mass is 10.2. The summed E-state index contributed by atoms with van der Waals surface area (Å²) in [4.78, 5) is 23.1. The predicted octanol–water partition coefficient (Wildman–Crippen LogP) is 3.48. The van der Waals surface area contributed by atoms with Gasteiger partial charge in [0.15, 0.2) is 0 Å². The maximum absolute atomic E-state index is 13.7. The monoisotopic (exact) mass is 309 g/mol. The van der Waals surface area contributed by atoms with Gasteiger partial charge in [-0.15, -0.1) is 6.58 Å². The number of carbonyl (C=O) groups is 2. The Kier molecular flexibility index (Phi) is 5.91. The Morgan fingerprint density at radius 1 is 1.32 bits per heavy atom. The third-order valence-corrected chi connectivity index (χ3v) is 2.27. The number of halogens is 1. The van der Waals surface area contributed by atoms with E-state index in [0.717, 1.165) is 6.07 Å². The lowest BCUT2D eigenvalue weighted by Crippen LogP contribution is -2.29. The van der Waals surface area contributed by atoms with Crippen LogP contribution in [0.2, 0.25) is 0 Å². The molecule has 0 saturated heterocycles. The van der Waals surface area contributed by atoms with E-state index in [-0.39, 0.29) is 5.69 Å². The fraction of sp³-hybridized carbons (Fsp3) is 0.333. The first-order chi connectivity index (χ1) is 10.2. The summed E-state index contributed by atoms with van der Waals surface area (Å²) in [5, 5.41) is 7.32. The number of nitrogens with one attached hydrogen (secondary N) is 3. The van der Waals surface area contributed by atoms with E-state index in [0.29, 0.717) is 12.2 Å². The van der Waals surface area contributed by atoms with Gasteiger partial charge in [-0.05, 0) is 39.0 Å². The lowest BCUT2D eigenvalue weighted by Gasteiger charge is -2.20. The summed E-state index contributed by atoms with van der Waals surface area (Å²) < 4.78 is 18.7. The summed E-state index contributed by atoms with van der Waals surface area (Å²) in [7, 11) is 0. The quantitative estimate of drug-likeness (QED) is 0.745. The van der Waals surface area contributed by atoms with E-state index in [1.165, 1.54) is 18.2 Å². The lowest BCUT2D eigenvalue weighted by molar-refractivity contribution is 0.0635. The maximum atomic E-state index is 13.7. The zero-order valence-corrected chi connectivity index (χ0v) is 12.8. The average Bonchev–Trinajstić information content (AvgIpc) is 2.38. The number of ether oxygens (including phenoxy) is 1. The summed E-state index contributed by atoms with van der Waals surface area (Å²) in [6.07, 6.45) is 0.749. The SMILES string of the molecule is C=CCNC(=O)Nc1ccc(F)c(NC(=O)OC(C)(C)C)c1. The first kappa shape index (κ1) is 17.5. The molecule has 6 nitrogen and oxygen atoms in total. The molecule has 1 aromatic carbocycles. The molecule has 1 aromatic rings. The Morgan fingerprint density at radius 2 is 2.00 bits per heavy atom. The Bertz CT molecular complexity index is 568. The van der Waals surface area contributed by atoms with Crippen LogP contribution in [-0.2, 0) is 4.74 Å². The molecular weight excluding hydrogens is 289 g/mol. The van der Waals surface area contributed by atoms with E-state index in [2.05, 4.69) is 22.5 Å². The van der Waals surface area contributed by atoms with Crippen molar-refractivity contribution in [2.45, 2.75) is 26.4 Å². The highest BCUT2D eigenvalue weighted by molar-refractivity contribution is 5.91. The van der Waals surface area contributed by atoms with Gasteiger partial charge in [-0.1, -0.05) is 6.08 Å². The van der Waals surface area contributed by atoms with E-state index in [9.17, 15) is 14.0 Å². The minimum atomic E-state index is -0.778. The Morgan fingerprint density at radius 3 is 2.59 bits per heavy atom. The smallest absolute Gasteiger partial charge is 0.412 e. The highest BCUT2D eigenvalue weighted by Gasteiger charge is 2.17. The number of urea groups is 1. The molecule has 0 unspecified atom stereocenters. The van der Waals surface area contributed by atoms with Crippen molar-refractivity contribution in [2.24, 2.45) is 0 Å². The van der Waals surface area contributed by atoms with E-state index < -0.39 is 23.5 Å². The first-order valence-electron chi connectivity index (χ1n) is 6.66. The number of benzene rings is 1. The number of amides is 3. The molecule has 0 atom stereocenters. The minimum Gasteiger partial charge on any atom is -0.444 e. The van der Waals surface area contributed by atoms with Crippen molar-refractivity contribution in [1.82, 2.24) is 5.32 Å². The van der Waals surface area contributed by atoms with E-state index in [1.807, 2.05) is 0 Å². The zero-order chi connectivity index (χ0) is 16.8. The van der Waals surface area contributed by atoms with Crippen LogP contribution in [-0.4, -0.2) is 24.3 Å². The van der Waals surface area contributed by atoms with E-state index in [1.54, 1.807) is 20.8 Å². The normalized spacial score (nSPS) is 10.5. The minimum absolute atomic E-state index is 0.0872. The third-order valence-electron chi connectivity index (χ3n) is 2.27. The second-order valence-corrected chi connectivity index (χ2v) is 5.45. The second-order valence-electron chi connectivity index (χ2n) is 5.45. The number of hydrogen-bond donors (Lipinski definition) is 3. The molecule has 0 spiro atoms. The van der Waals surface area contributed by atoms with Gasteiger partial charge in [-0.2, -0.15) is 0 Å². The third kappa shape index (κ3) is 6.25. The van der Waals surface area contributed by atoms with Crippen LogP contribution in [0.1, 0.15) is 20.8 Å². The van der Waals surface area contributed by atoms with Gasteiger partial charge in [0.05, 0.1) is 5.69 Å². The van der Waals surface area contributed by atoms with Crippen molar-refractivity contribution in [3.63, 3.8) is 0 Å². The fourth-order valence-corrected chi connectivity index (χ4v) is 1.45. The molecule has 120 valence electrons. The predicted molar refractivity (Wildman–Crippen MR) is 83.5 cm³/mol. The molecule has 0 fully saturated rings. The van der Waals surface area contributed by atoms with Crippen LogP contribution in [0.3, 0.4) is 0 Å². The van der Waals surface area contributed by atoms with Crippen molar-refractivity contribution in [3.8, 4) is 0 Å². The Labute approximate surface area is 128 Å². The second kappa shape index (κ2) is 7.44. The summed E-state index contributed by atoms with van der Waals surface area (Å²) in [6, 6.07) is 3.35. The number of anilines is 2. The van der Waals surface area contributed by atoms with Crippen molar-refractivity contribution >= 4 is 23.5 Å². The molecule has 0 radical (unpaired) electrons. The Hall–Kier alpha value is -2.57. The fourth-order valence-electron chi connectivity index (χ4n) is 1.45. The molecule has 0 saturated carbocycles. The van der Waals surface area contributed by atoms with Gasteiger partial charge in [0.25, 0.3) is 0 Å². The molecule has 7 heteroatoms. The van der Waals surface area contributed by atoms with Gasteiger partial charge < -0.3 is 15.4 Å². The maximum Gasteiger partial charge on any atom is 0.412 e. The van der Waals surface area contributed by atoms with Crippen LogP contribution in [0.25, 0.3) is 0 Å². The van der Waals surface area contributed by atoms with Crippen LogP contribution >= 0.6 is 0 Å². The summed E-state index contributed by atoms with van der Waals surface area (Å²) in [6.45, 7) is 8.87. The Balaban J connectivity index is 2.75. The first-order valence-corrected chi connectivity index (χ1v) is 6.66. The molecular formula is C15H20FN3O3. The van der Waals surface area contributed by atoms with Gasteiger partial charge in [-0.25, -0.2) is 14.0 Å². The molecule has 0 aromatic heterocycles. The van der Waals surface area contributed by atoms with Gasteiger partial charge in [-0.3, -0.25) is 5.32 Å². The molecule has 0 aliphatic heterocycles. The number of carbonyl (C=O) groups excluding carboxylic acids is 2. The van der Waals surface area contributed by atoms with Crippen LogP contribution in [0.15, 0.2) is 30.9 Å². The highest BCUT2D eigenvalue weighted by Crippen LogP contribution is 2.20. The molecule has 0 aliphatic carbocycles. The molecule has 0 heterocycles. The van der Waals surface area contributed by atoms with Crippen molar-refractivity contribution in [1.29, 1.82) is 0 Å². The standard InChI is InChI=1S/C15H20FN3O3/c1-5-8-17-13(20)18-10-6-7-11(16)12(9-10)19-14(21)22-15(2,3)4/h5-7,9H,1,8H2,2-4H3,(H,19,21)(H2,17,18,20). The van der Waals surface area contributed by atoms with E-state index >= 15 is 0 Å². The number of hydrogen-bond acceptors (Lipinski definition) is 3. The van der Waals surface area contributed by atoms with Crippen molar-refractivity contribution in [3.05, 3.63) is 36.7 Å². The molecule has 0 bridgehead atoms. The van der Waals surface area contributed by atoms with Crippen LogP contribution in [0.5, 0.6) is 0 Å². The highest BCUT2D eigenvalue weighted by atomic mass is 19.1. The van der Waals surface area contributed by atoms with Gasteiger partial charge >= 0.3 is 12.1 Å². The topological polar surface area (TPSA) is 79.5 Å². The summed E-state index contributed by atoms with van der Waals surface area (Å²) in [5.41, 5.74) is -0.453. The van der Waals surface area contributed by atoms with Gasteiger partial charge in [0.2, 0.25) is 0 Å². The summed E-state index contributed by atoms with van der Waals surface area (Å²) in [5.74, 6) is -0.636. The van der Waals surface area contributed by atoms with Crippen LogP contribution in [0, 0.1) is 5.82 Å². The van der Waals surface area contributed by atoms with Gasteiger partial charge in [0, 0.05) is 12.2 Å². The van der Waals surface area contributed by atoms with Crippen LogP contribution < -0.4 is 16.0 Å². The van der Waals surface area contributed by atoms with Crippen LogP contribution in [0.4, 0.5) is 25.4 Å². The van der Waals surface area contributed by atoms with E-state index in [4.69, 9.17) is 4.74 Å². The molecule has 1 rings (SSSR count). The molecule has 0 aliphatic rings. The van der Waals surface area contributed by atoms with Crippen molar-refractivity contribution < 1.29 is 18.7 Å². The summed E-state index contributed by atoms with van der Waals surface area (Å²) >= 11 is 0. The molecule has 22 heavy (non-hydrogen) atoms. The van der Waals surface area contributed by atoms with Crippen molar-refractivity contribution in [2.75, 3.05) is 17.2 Å². The largest absolute Gasteiger partial charge is 0.444 e. The average molecular weight is 309 g/mol. The zero-order valence-electron chi connectivity index (χ0n) is 12.8.